The summed E-state index contributed by atoms with van der Waals surface area (Å²) in [5.74, 6) is -0.409. The molecule has 0 atom stereocenters. The number of nitrogen functional groups attached to an aromatic ring is 1. The fourth-order valence-electron chi connectivity index (χ4n) is 1.30. The van der Waals surface area contributed by atoms with E-state index in [1.165, 1.54) is 13.2 Å². The third-order valence-corrected chi connectivity index (χ3v) is 2.25. The van der Waals surface area contributed by atoms with E-state index in [0.29, 0.717) is 5.69 Å². The molecule has 100 valence electrons. The van der Waals surface area contributed by atoms with Crippen LogP contribution in [0.15, 0.2) is 18.2 Å². The Kier molecular flexibility index (Phi) is 4.41. The third-order valence-electron chi connectivity index (χ3n) is 2.25. The smallest absolute Gasteiger partial charge is 0.416 e. The molecule has 0 aliphatic rings. The lowest BCUT2D eigenvalue weighted by atomic mass is 10.1. The maximum atomic E-state index is 12.4. The minimum Gasteiger partial charge on any atom is -0.469 e. The van der Waals surface area contributed by atoms with Gasteiger partial charge in [0.15, 0.2) is 0 Å². The zero-order chi connectivity index (χ0) is 13.8. The number of benzene rings is 1. The molecule has 0 aliphatic heterocycles. The van der Waals surface area contributed by atoms with Crippen molar-refractivity contribution in [3.63, 3.8) is 0 Å². The Hall–Kier alpha value is -1.92. The van der Waals surface area contributed by atoms with Crippen LogP contribution in [0.25, 0.3) is 0 Å². The van der Waals surface area contributed by atoms with Crippen molar-refractivity contribution in [2.45, 2.75) is 12.6 Å². The van der Waals surface area contributed by atoms with Gasteiger partial charge in [0, 0.05) is 6.54 Å². The van der Waals surface area contributed by atoms with Gasteiger partial charge in [-0.05, 0) is 18.2 Å². The average molecular weight is 262 g/mol. The Morgan fingerprint density at radius 2 is 2.11 bits per heavy atom. The lowest BCUT2D eigenvalue weighted by Crippen LogP contribution is -2.12. The second kappa shape index (κ2) is 5.61. The highest BCUT2D eigenvalue weighted by Crippen LogP contribution is 2.32. The molecule has 0 aromatic heterocycles. The average Bonchev–Trinajstić information content (AvgIpc) is 2.29. The Bertz CT molecular complexity index is 433. The van der Waals surface area contributed by atoms with E-state index in [2.05, 4.69) is 10.1 Å². The molecule has 1 rings (SSSR count). The summed E-state index contributed by atoms with van der Waals surface area (Å²) in [7, 11) is 1.26. The van der Waals surface area contributed by atoms with Crippen molar-refractivity contribution in [3.8, 4) is 0 Å². The molecule has 18 heavy (non-hydrogen) atoms. The van der Waals surface area contributed by atoms with Crippen molar-refractivity contribution in [2.75, 3.05) is 24.7 Å². The van der Waals surface area contributed by atoms with Gasteiger partial charge in [-0.25, -0.2) is 0 Å². The lowest BCUT2D eigenvalue weighted by molar-refractivity contribution is -0.140. The molecule has 0 fully saturated rings. The Morgan fingerprint density at radius 1 is 1.44 bits per heavy atom. The SMILES string of the molecule is COC(=O)CCNc1ccc(C(F)(F)F)cc1N. The first-order valence-corrected chi connectivity index (χ1v) is 5.12. The van der Waals surface area contributed by atoms with Gasteiger partial charge < -0.3 is 15.8 Å². The number of methoxy groups -OCH3 is 1. The molecule has 0 saturated carbocycles. The van der Waals surface area contributed by atoms with E-state index < -0.39 is 17.7 Å². The van der Waals surface area contributed by atoms with Crippen LogP contribution in [-0.2, 0) is 15.7 Å². The number of rotatable bonds is 4. The topological polar surface area (TPSA) is 64.3 Å². The number of nitrogens with two attached hydrogens (primary N) is 1. The highest BCUT2D eigenvalue weighted by molar-refractivity contribution is 5.71. The van der Waals surface area contributed by atoms with Gasteiger partial charge in [-0.3, -0.25) is 4.79 Å². The quantitative estimate of drug-likeness (QED) is 0.645. The normalized spacial score (nSPS) is 11.1. The van der Waals surface area contributed by atoms with Gasteiger partial charge in [-0.1, -0.05) is 0 Å². The number of anilines is 2. The fraction of sp³-hybridized carbons (Fsp3) is 0.364. The molecule has 3 N–H and O–H groups in total. The summed E-state index contributed by atoms with van der Waals surface area (Å²) in [4.78, 5) is 10.8. The summed E-state index contributed by atoms with van der Waals surface area (Å²) in [6, 6.07) is 3.01. The highest BCUT2D eigenvalue weighted by Gasteiger charge is 2.30. The highest BCUT2D eigenvalue weighted by atomic mass is 19.4. The molecule has 0 heterocycles. The number of carbonyl (C=O) groups excluding carboxylic acids is 1. The number of ether oxygens (including phenoxy) is 1. The van der Waals surface area contributed by atoms with Crippen molar-refractivity contribution >= 4 is 17.3 Å². The van der Waals surface area contributed by atoms with Crippen molar-refractivity contribution in [1.29, 1.82) is 0 Å². The van der Waals surface area contributed by atoms with Crippen LogP contribution >= 0.6 is 0 Å². The predicted octanol–water partition coefficient (Wildman–Crippen LogP) is 2.26. The monoisotopic (exact) mass is 262 g/mol. The number of esters is 1. The molecule has 0 unspecified atom stereocenters. The first-order chi connectivity index (χ1) is 8.34. The summed E-state index contributed by atoms with van der Waals surface area (Å²) in [6.07, 6.45) is -4.31. The Balaban J connectivity index is 2.66. The van der Waals surface area contributed by atoms with E-state index in [4.69, 9.17) is 5.73 Å². The Morgan fingerprint density at radius 3 is 2.61 bits per heavy atom. The lowest BCUT2D eigenvalue weighted by Gasteiger charge is -2.12. The van der Waals surface area contributed by atoms with Crippen LogP contribution in [0, 0.1) is 0 Å². The van der Waals surface area contributed by atoms with Crippen molar-refractivity contribution in [1.82, 2.24) is 0 Å². The van der Waals surface area contributed by atoms with Gasteiger partial charge in [0.05, 0.1) is 30.5 Å². The molecule has 1 aromatic rings. The van der Waals surface area contributed by atoms with Crippen LogP contribution in [0.5, 0.6) is 0 Å². The standard InChI is InChI=1S/C11H13F3N2O2/c1-18-10(17)4-5-16-9-3-2-7(6-8(9)15)11(12,13)14/h2-3,6,16H,4-5,15H2,1H3. The fourth-order valence-corrected chi connectivity index (χ4v) is 1.30. The number of alkyl halides is 3. The second-order valence-electron chi connectivity index (χ2n) is 3.55. The van der Waals surface area contributed by atoms with Crippen LogP contribution in [0.4, 0.5) is 24.5 Å². The van der Waals surface area contributed by atoms with Gasteiger partial charge in [0.25, 0.3) is 0 Å². The minimum atomic E-state index is -4.42. The third kappa shape index (κ3) is 3.83. The molecule has 1 aromatic carbocycles. The van der Waals surface area contributed by atoms with E-state index >= 15 is 0 Å². The molecule has 0 amide bonds. The zero-order valence-corrected chi connectivity index (χ0v) is 9.67. The van der Waals surface area contributed by atoms with Gasteiger partial charge in [-0.2, -0.15) is 13.2 Å². The van der Waals surface area contributed by atoms with Gasteiger partial charge in [0.1, 0.15) is 0 Å². The predicted molar refractivity (Wildman–Crippen MR) is 61.0 cm³/mol. The number of carbonyl (C=O) groups is 1. The first kappa shape index (κ1) is 14.1. The molecule has 4 nitrogen and oxygen atoms in total. The van der Waals surface area contributed by atoms with E-state index in [1.54, 1.807) is 0 Å². The number of hydrogen-bond acceptors (Lipinski definition) is 4. The summed E-state index contributed by atoms with van der Waals surface area (Å²) in [5, 5.41) is 2.76. The summed E-state index contributed by atoms with van der Waals surface area (Å²) < 4.78 is 41.5. The molecule has 0 bridgehead atoms. The van der Waals surface area contributed by atoms with Crippen LogP contribution in [-0.4, -0.2) is 19.6 Å². The van der Waals surface area contributed by atoms with E-state index in [-0.39, 0.29) is 18.7 Å². The van der Waals surface area contributed by atoms with Crippen LogP contribution in [0.1, 0.15) is 12.0 Å². The second-order valence-corrected chi connectivity index (χ2v) is 3.55. The van der Waals surface area contributed by atoms with Gasteiger partial charge >= 0.3 is 12.1 Å². The molecule has 0 saturated heterocycles. The maximum absolute atomic E-state index is 12.4. The van der Waals surface area contributed by atoms with E-state index in [1.807, 2.05) is 0 Å². The molecule has 0 spiro atoms. The molecular weight excluding hydrogens is 249 g/mol. The maximum Gasteiger partial charge on any atom is 0.416 e. The van der Waals surface area contributed by atoms with Gasteiger partial charge in [0.2, 0.25) is 0 Å². The molecule has 7 heteroatoms. The number of halogens is 3. The largest absolute Gasteiger partial charge is 0.469 e. The number of nitrogens with one attached hydrogen (secondary N) is 1. The van der Waals surface area contributed by atoms with Crippen LogP contribution in [0.2, 0.25) is 0 Å². The summed E-state index contributed by atoms with van der Waals surface area (Å²) in [5.41, 5.74) is 5.02. The first-order valence-electron chi connectivity index (χ1n) is 5.12. The molecule has 0 radical (unpaired) electrons. The summed E-state index contributed by atoms with van der Waals surface area (Å²) >= 11 is 0. The molecular formula is C11H13F3N2O2. The molecule has 0 aliphatic carbocycles. The summed E-state index contributed by atoms with van der Waals surface area (Å²) in [6.45, 7) is 0.238. The van der Waals surface area contributed by atoms with E-state index in [0.717, 1.165) is 12.1 Å². The minimum absolute atomic E-state index is 0.0188. The van der Waals surface area contributed by atoms with Crippen molar-refractivity contribution < 1.29 is 22.7 Å². The van der Waals surface area contributed by atoms with Crippen molar-refractivity contribution in [2.24, 2.45) is 0 Å². The van der Waals surface area contributed by atoms with Crippen molar-refractivity contribution in [3.05, 3.63) is 23.8 Å². The van der Waals surface area contributed by atoms with Crippen LogP contribution < -0.4 is 11.1 Å². The van der Waals surface area contributed by atoms with Gasteiger partial charge in [-0.15, -0.1) is 0 Å². The van der Waals surface area contributed by atoms with E-state index in [9.17, 15) is 18.0 Å². The van der Waals surface area contributed by atoms with Crippen LogP contribution in [0.3, 0.4) is 0 Å². The zero-order valence-electron chi connectivity index (χ0n) is 9.67. The Labute approximate surface area is 102 Å². The number of hydrogen-bond donors (Lipinski definition) is 2.